The number of hydrogen-bond acceptors (Lipinski definition) is 6. The maximum atomic E-state index is 12.4. The van der Waals surface area contributed by atoms with Crippen molar-refractivity contribution in [1.29, 1.82) is 0 Å². The van der Waals surface area contributed by atoms with Crippen LogP contribution in [0, 0.1) is 0 Å². The molecule has 2 heterocycles. The van der Waals surface area contributed by atoms with E-state index >= 15 is 0 Å². The molecule has 0 aliphatic carbocycles. The topological polar surface area (TPSA) is 120 Å². The molecule has 0 spiro atoms. The molecule has 0 saturated carbocycles. The van der Waals surface area contributed by atoms with Crippen LogP contribution in [0.3, 0.4) is 0 Å². The van der Waals surface area contributed by atoms with Gasteiger partial charge in [-0.05, 0) is 48.5 Å². The predicted molar refractivity (Wildman–Crippen MR) is 105 cm³/mol. The Balaban J connectivity index is 1.58. The molecule has 4 aromatic rings. The smallest absolute Gasteiger partial charge is 0.274 e. The number of aromatic amines is 1. The van der Waals surface area contributed by atoms with Gasteiger partial charge in [0.2, 0.25) is 5.13 Å². The molecule has 0 aliphatic rings. The summed E-state index contributed by atoms with van der Waals surface area (Å²) in [7, 11) is 0. The summed E-state index contributed by atoms with van der Waals surface area (Å²) in [6.45, 7) is 0. The van der Waals surface area contributed by atoms with E-state index in [1.165, 1.54) is 34.2 Å². The van der Waals surface area contributed by atoms with Crippen LogP contribution in [-0.4, -0.2) is 30.9 Å². The normalized spacial score (nSPS) is 10.7. The number of amides is 1. The molecule has 2 aromatic heterocycles. The molecule has 9 heteroatoms. The first-order valence-corrected chi connectivity index (χ1v) is 9.05. The standard InChI is InChI=1S/C19H14N4O4S/c24-13-5-1-11(2-6-13)16-10-28-19(21-16)23-17(26)9-15(22-23)18(27)20-12-3-7-14(25)8-4-12/h1-10,22,24-25H,(H,20,27). The summed E-state index contributed by atoms with van der Waals surface area (Å²) in [5, 5.41) is 26.2. The Kier molecular flexibility index (Phi) is 4.42. The van der Waals surface area contributed by atoms with Crippen LogP contribution in [0.15, 0.2) is 64.8 Å². The molecule has 0 unspecified atom stereocenters. The lowest BCUT2D eigenvalue weighted by Gasteiger charge is -2.03. The van der Waals surface area contributed by atoms with Crippen molar-refractivity contribution >= 4 is 22.9 Å². The van der Waals surface area contributed by atoms with Gasteiger partial charge in [0.15, 0.2) is 0 Å². The molecule has 1 amide bonds. The van der Waals surface area contributed by atoms with Gasteiger partial charge in [-0.2, -0.15) is 4.68 Å². The molecule has 0 radical (unpaired) electrons. The number of nitrogens with one attached hydrogen (secondary N) is 2. The zero-order chi connectivity index (χ0) is 19.7. The number of anilines is 1. The van der Waals surface area contributed by atoms with Gasteiger partial charge in [-0.15, -0.1) is 11.3 Å². The van der Waals surface area contributed by atoms with Crippen LogP contribution >= 0.6 is 11.3 Å². The number of hydrogen-bond donors (Lipinski definition) is 4. The number of aromatic hydroxyl groups is 2. The van der Waals surface area contributed by atoms with Crippen LogP contribution in [-0.2, 0) is 0 Å². The van der Waals surface area contributed by atoms with Gasteiger partial charge in [0.25, 0.3) is 11.5 Å². The summed E-state index contributed by atoms with van der Waals surface area (Å²) >= 11 is 1.25. The Morgan fingerprint density at radius 3 is 2.36 bits per heavy atom. The van der Waals surface area contributed by atoms with Gasteiger partial charge in [-0.25, -0.2) is 4.98 Å². The number of rotatable bonds is 4. The minimum atomic E-state index is -0.489. The van der Waals surface area contributed by atoms with Crippen molar-refractivity contribution in [3.8, 4) is 27.9 Å². The Labute approximate surface area is 162 Å². The van der Waals surface area contributed by atoms with E-state index < -0.39 is 11.5 Å². The van der Waals surface area contributed by atoms with E-state index in [0.717, 1.165) is 5.56 Å². The fourth-order valence-corrected chi connectivity index (χ4v) is 3.33. The highest BCUT2D eigenvalue weighted by Crippen LogP contribution is 2.25. The number of nitrogens with zero attached hydrogens (tertiary/aromatic N) is 2. The number of aromatic nitrogens is 3. The number of phenols is 2. The quantitative estimate of drug-likeness (QED) is 0.397. The number of phenolic OH excluding ortho intramolecular Hbond substituents is 2. The maximum absolute atomic E-state index is 12.4. The number of carbonyl (C=O) groups is 1. The van der Waals surface area contributed by atoms with Crippen LogP contribution in [0.5, 0.6) is 11.5 Å². The molecule has 8 nitrogen and oxygen atoms in total. The average molecular weight is 394 g/mol. The molecule has 0 aliphatic heterocycles. The molecule has 28 heavy (non-hydrogen) atoms. The first-order chi connectivity index (χ1) is 13.5. The van der Waals surface area contributed by atoms with Crippen molar-refractivity contribution in [1.82, 2.24) is 14.8 Å². The fraction of sp³-hybridized carbons (Fsp3) is 0. The Morgan fingerprint density at radius 1 is 1.04 bits per heavy atom. The van der Waals surface area contributed by atoms with Gasteiger partial charge >= 0.3 is 0 Å². The van der Waals surface area contributed by atoms with Gasteiger partial charge in [0.05, 0.1) is 5.69 Å². The second-order valence-corrected chi connectivity index (χ2v) is 6.74. The Hall–Kier alpha value is -3.85. The highest BCUT2D eigenvalue weighted by atomic mass is 32.1. The molecule has 2 aromatic carbocycles. The summed E-state index contributed by atoms with van der Waals surface area (Å²) in [5.41, 5.74) is 1.60. The van der Waals surface area contributed by atoms with Crippen LogP contribution in [0.2, 0.25) is 0 Å². The van der Waals surface area contributed by atoms with Gasteiger partial charge in [0.1, 0.15) is 17.2 Å². The molecule has 0 atom stereocenters. The highest BCUT2D eigenvalue weighted by Gasteiger charge is 2.15. The Bertz CT molecular complexity index is 1190. The van der Waals surface area contributed by atoms with E-state index in [9.17, 15) is 19.8 Å². The van der Waals surface area contributed by atoms with Crippen molar-refractivity contribution in [3.05, 3.63) is 76.0 Å². The zero-order valence-electron chi connectivity index (χ0n) is 14.3. The summed E-state index contributed by atoms with van der Waals surface area (Å²) < 4.78 is 1.19. The van der Waals surface area contributed by atoms with E-state index in [1.54, 1.807) is 41.8 Å². The third-order valence-corrected chi connectivity index (χ3v) is 4.76. The molecular weight excluding hydrogens is 380 g/mol. The monoisotopic (exact) mass is 394 g/mol. The number of thiazole rings is 1. The summed E-state index contributed by atoms with van der Waals surface area (Å²) in [6.07, 6.45) is 0. The minimum absolute atomic E-state index is 0.0828. The lowest BCUT2D eigenvalue weighted by atomic mass is 10.2. The van der Waals surface area contributed by atoms with Crippen LogP contribution in [0.4, 0.5) is 5.69 Å². The lowest BCUT2D eigenvalue weighted by molar-refractivity contribution is 0.102. The first kappa shape index (κ1) is 17.6. The van der Waals surface area contributed by atoms with Gasteiger partial charge in [-0.1, -0.05) is 0 Å². The Morgan fingerprint density at radius 2 is 1.68 bits per heavy atom. The number of carbonyl (C=O) groups excluding carboxylic acids is 1. The third-order valence-electron chi connectivity index (χ3n) is 3.94. The van der Waals surface area contributed by atoms with E-state index in [2.05, 4.69) is 15.4 Å². The van der Waals surface area contributed by atoms with Crippen molar-refractivity contribution < 1.29 is 15.0 Å². The van der Waals surface area contributed by atoms with Crippen LogP contribution in [0.25, 0.3) is 16.4 Å². The first-order valence-electron chi connectivity index (χ1n) is 8.17. The molecule has 0 fully saturated rings. The second kappa shape index (κ2) is 7.05. The third kappa shape index (κ3) is 3.51. The predicted octanol–water partition coefficient (Wildman–Crippen LogP) is 2.95. The van der Waals surface area contributed by atoms with Gasteiger partial charge in [0, 0.05) is 22.7 Å². The summed E-state index contributed by atoms with van der Waals surface area (Å²) in [5.74, 6) is -0.244. The van der Waals surface area contributed by atoms with Crippen LogP contribution in [0.1, 0.15) is 10.5 Å². The van der Waals surface area contributed by atoms with Crippen LogP contribution < -0.4 is 10.9 Å². The lowest BCUT2D eigenvalue weighted by Crippen LogP contribution is -2.14. The van der Waals surface area contributed by atoms with Crippen molar-refractivity contribution in [2.24, 2.45) is 0 Å². The highest BCUT2D eigenvalue weighted by molar-refractivity contribution is 7.12. The van der Waals surface area contributed by atoms with Crippen molar-refractivity contribution in [3.63, 3.8) is 0 Å². The summed E-state index contributed by atoms with van der Waals surface area (Å²) in [6, 6.07) is 13.7. The SMILES string of the molecule is O=C(Nc1ccc(O)cc1)c1cc(=O)n(-c2nc(-c3ccc(O)cc3)cs2)[nH]1. The molecule has 4 N–H and O–H groups in total. The second-order valence-electron chi connectivity index (χ2n) is 5.91. The summed E-state index contributed by atoms with van der Waals surface area (Å²) in [4.78, 5) is 29.1. The molecular formula is C19H14N4O4S. The number of benzene rings is 2. The van der Waals surface area contributed by atoms with Crippen molar-refractivity contribution in [2.75, 3.05) is 5.32 Å². The van der Waals surface area contributed by atoms with E-state index in [0.29, 0.717) is 16.5 Å². The van der Waals surface area contributed by atoms with E-state index in [-0.39, 0.29) is 17.2 Å². The maximum Gasteiger partial charge on any atom is 0.274 e. The van der Waals surface area contributed by atoms with E-state index in [4.69, 9.17) is 0 Å². The molecule has 0 saturated heterocycles. The number of H-pyrrole nitrogens is 1. The minimum Gasteiger partial charge on any atom is -0.508 e. The fourth-order valence-electron chi connectivity index (χ4n) is 2.53. The zero-order valence-corrected chi connectivity index (χ0v) is 15.1. The van der Waals surface area contributed by atoms with E-state index in [1.807, 2.05) is 0 Å². The molecule has 140 valence electrons. The van der Waals surface area contributed by atoms with Gasteiger partial charge < -0.3 is 15.5 Å². The molecule has 4 rings (SSSR count). The average Bonchev–Trinajstić information content (AvgIpc) is 3.31. The van der Waals surface area contributed by atoms with Gasteiger partial charge in [-0.3, -0.25) is 14.7 Å². The van der Waals surface area contributed by atoms with Crippen molar-refractivity contribution in [2.45, 2.75) is 0 Å². The molecule has 0 bridgehead atoms. The largest absolute Gasteiger partial charge is 0.508 e.